The van der Waals surface area contributed by atoms with Crippen molar-refractivity contribution >= 4 is 34.1 Å². The van der Waals surface area contributed by atoms with Gasteiger partial charge in [-0.05, 0) is 43.9 Å². The number of pyridine rings is 1. The van der Waals surface area contributed by atoms with E-state index in [-0.39, 0.29) is 17.9 Å². The third-order valence-electron chi connectivity index (χ3n) is 5.94. The third-order valence-corrected chi connectivity index (χ3v) is 6.36. The lowest BCUT2D eigenvalue weighted by Crippen LogP contribution is -2.29. The van der Waals surface area contributed by atoms with E-state index in [1.54, 1.807) is 6.20 Å². The zero-order valence-corrected chi connectivity index (χ0v) is 16.9. The highest BCUT2D eigenvalue weighted by atomic mass is 35.5. The van der Waals surface area contributed by atoms with E-state index in [4.69, 9.17) is 23.1 Å². The van der Waals surface area contributed by atoms with Crippen LogP contribution >= 0.6 is 11.6 Å². The summed E-state index contributed by atoms with van der Waals surface area (Å²) >= 11 is 6.49. The van der Waals surface area contributed by atoms with Crippen molar-refractivity contribution in [1.29, 1.82) is 5.26 Å². The van der Waals surface area contributed by atoms with Crippen molar-refractivity contribution in [2.24, 2.45) is 11.7 Å². The SMILES string of the molecule is Cc1cc2c(cc1C#N)c(-c1cncc(N)c1Cl)cn2C1CCCC(C(N)=O)C1. The van der Waals surface area contributed by atoms with E-state index in [0.717, 1.165) is 46.9 Å². The van der Waals surface area contributed by atoms with Crippen LogP contribution in [0.5, 0.6) is 0 Å². The number of nitrogens with zero attached hydrogens (tertiary/aromatic N) is 3. The number of halogens is 1. The molecule has 29 heavy (non-hydrogen) atoms. The molecule has 2 atom stereocenters. The lowest BCUT2D eigenvalue weighted by atomic mass is 9.85. The number of hydrogen-bond acceptors (Lipinski definition) is 4. The number of fused-ring (bicyclic) bond motifs is 1. The molecule has 1 aliphatic carbocycles. The highest BCUT2D eigenvalue weighted by molar-refractivity contribution is 6.36. The molecule has 2 heterocycles. The second-order valence-electron chi connectivity index (χ2n) is 7.76. The van der Waals surface area contributed by atoms with Gasteiger partial charge in [0.05, 0.1) is 28.5 Å². The molecule has 1 aliphatic rings. The quantitative estimate of drug-likeness (QED) is 0.672. The standard InChI is InChI=1S/C22H22ClN5O/c1-12-5-20-16(7-14(12)8-24)18(17-9-27-10-19(25)21(17)23)11-28(20)15-4-2-3-13(6-15)22(26)29/h5,7,9-11,13,15H,2-4,6,25H2,1H3,(H2,26,29). The molecule has 0 aliphatic heterocycles. The largest absolute Gasteiger partial charge is 0.396 e. The first kappa shape index (κ1) is 19.3. The fourth-order valence-corrected chi connectivity index (χ4v) is 4.56. The van der Waals surface area contributed by atoms with Crippen LogP contribution in [0.2, 0.25) is 5.02 Å². The summed E-state index contributed by atoms with van der Waals surface area (Å²) in [6.07, 6.45) is 8.71. The van der Waals surface area contributed by atoms with Gasteiger partial charge in [-0.25, -0.2) is 0 Å². The molecule has 0 spiro atoms. The average molecular weight is 408 g/mol. The number of nitrogen functional groups attached to an aromatic ring is 1. The van der Waals surface area contributed by atoms with Gasteiger partial charge >= 0.3 is 0 Å². The van der Waals surface area contributed by atoms with Crippen LogP contribution in [0.15, 0.2) is 30.7 Å². The van der Waals surface area contributed by atoms with Gasteiger partial charge in [-0.2, -0.15) is 5.26 Å². The first-order valence-corrected chi connectivity index (χ1v) is 10.0. The van der Waals surface area contributed by atoms with Crippen molar-refractivity contribution in [3.8, 4) is 17.2 Å². The van der Waals surface area contributed by atoms with Crippen LogP contribution in [0.4, 0.5) is 5.69 Å². The molecule has 148 valence electrons. The van der Waals surface area contributed by atoms with Crippen LogP contribution in [0.25, 0.3) is 22.0 Å². The zero-order valence-electron chi connectivity index (χ0n) is 16.2. The Bertz CT molecular complexity index is 1160. The summed E-state index contributed by atoms with van der Waals surface area (Å²) in [6.45, 7) is 1.93. The Labute approximate surface area is 174 Å². The molecule has 7 heteroatoms. The summed E-state index contributed by atoms with van der Waals surface area (Å²) in [5, 5.41) is 10.9. The summed E-state index contributed by atoms with van der Waals surface area (Å²) in [5.41, 5.74) is 16.1. The fourth-order valence-electron chi connectivity index (χ4n) is 4.36. The molecule has 2 unspecified atom stereocenters. The van der Waals surface area contributed by atoms with Crippen molar-refractivity contribution in [3.63, 3.8) is 0 Å². The Morgan fingerprint density at radius 2 is 2.10 bits per heavy atom. The topological polar surface area (TPSA) is 111 Å². The number of primary amides is 1. The first-order chi connectivity index (χ1) is 13.9. The minimum Gasteiger partial charge on any atom is -0.396 e. The lowest BCUT2D eigenvalue weighted by molar-refractivity contribution is -0.123. The lowest BCUT2D eigenvalue weighted by Gasteiger charge is -2.29. The number of anilines is 1. The number of carbonyl (C=O) groups excluding carboxylic acids is 1. The molecule has 4 rings (SSSR count). The molecule has 2 aromatic heterocycles. The zero-order chi connectivity index (χ0) is 20.7. The first-order valence-electron chi connectivity index (χ1n) is 9.64. The Balaban J connectivity index is 1.94. The molecular weight excluding hydrogens is 386 g/mol. The maximum absolute atomic E-state index is 11.8. The molecule has 1 saturated carbocycles. The molecule has 1 amide bonds. The molecular formula is C22H22ClN5O. The fraction of sp³-hybridized carbons (Fsp3) is 0.318. The molecule has 0 radical (unpaired) electrons. The number of aromatic nitrogens is 2. The second kappa shape index (κ2) is 7.41. The summed E-state index contributed by atoms with van der Waals surface area (Å²) in [7, 11) is 0. The summed E-state index contributed by atoms with van der Waals surface area (Å²) in [6, 6.07) is 6.33. The third kappa shape index (κ3) is 3.32. The number of aryl methyl sites for hydroxylation is 1. The number of amides is 1. The van der Waals surface area contributed by atoms with Gasteiger partial charge in [-0.1, -0.05) is 18.0 Å². The molecule has 0 bridgehead atoms. The predicted molar refractivity (Wildman–Crippen MR) is 114 cm³/mol. The van der Waals surface area contributed by atoms with Crippen molar-refractivity contribution < 1.29 is 4.79 Å². The van der Waals surface area contributed by atoms with Crippen LogP contribution in [0.3, 0.4) is 0 Å². The van der Waals surface area contributed by atoms with Gasteiger partial charge in [0.15, 0.2) is 0 Å². The van der Waals surface area contributed by atoms with Gasteiger partial charge in [-0.3, -0.25) is 9.78 Å². The average Bonchev–Trinajstić information content (AvgIpc) is 3.07. The summed E-state index contributed by atoms with van der Waals surface area (Å²) in [4.78, 5) is 16.0. The molecule has 1 aromatic carbocycles. The normalized spacial score (nSPS) is 19.2. The van der Waals surface area contributed by atoms with Crippen molar-refractivity contribution in [1.82, 2.24) is 9.55 Å². The number of hydrogen-bond donors (Lipinski definition) is 2. The minimum atomic E-state index is -0.239. The Kier molecular flexibility index (Phi) is 4.93. The van der Waals surface area contributed by atoms with E-state index in [0.29, 0.717) is 22.7 Å². The van der Waals surface area contributed by atoms with Crippen molar-refractivity contribution in [2.45, 2.75) is 38.6 Å². The minimum absolute atomic E-state index is 0.119. The van der Waals surface area contributed by atoms with Gasteiger partial charge in [0.2, 0.25) is 5.91 Å². The number of benzene rings is 1. The molecule has 6 nitrogen and oxygen atoms in total. The molecule has 4 N–H and O–H groups in total. The highest BCUT2D eigenvalue weighted by Gasteiger charge is 2.28. The predicted octanol–water partition coefficient (Wildman–Crippen LogP) is 4.34. The Hall–Kier alpha value is -3.04. The van der Waals surface area contributed by atoms with Gasteiger partial charge < -0.3 is 16.0 Å². The monoisotopic (exact) mass is 407 g/mol. The van der Waals surface area contributed by atoms with E-state index in [1.165, 1.54) is 6.20 Å². The highest BCUT2D eigenvalue weighted by Crippen LogP contribution is 2.42. The smallest absolute Gasteiger partial charge is 0.220 e. The molecule has 0 saturated heterocycles. The van der Waals surface area contributed by atoms with Crippen LogP contribution in [-0.2, 0) is 4.79 Å². The number of rotatable bonds is 3. The van der Waals surface area contributed by atoms with E-state index < -0.39 is 0 Å². The summed E-state index contributed by atoms with van der Waals surface area (Å²) < 4.78 is 2.20. The van der Waals surface area contributed by atoms with E-state index in [9.17, 15) is 10.1 Å². The number of nitrogens with two attached hydrogens (primary N) is 2. The molecule has 1 fully saturated rings. The van der Waals surface area contributed by atoms with Gasteiger partial charge in [-0.15, -0.1) is 0 Å². The maximum Gasteiger partial charge on any atom is 0.220 e. The van der Waals surface area contributed by atoms with E-state index in [1.807, 2.05) is 25.3 Å². The van der Waals surface area contributed by atoms with E-state index in [2.05, 4.69) is 15.6 Å². The number of carbonyl (C=O) groups is 1. The molecule has 3 aromatic rings. The van der Waals surface area contributed by atoms with Crippen molar-refractivity contribution in [2.75, 3.05) is 5.73 Å². The van der Waals surface area contributed by atoms with Crippen molar-refractivity contribution in [3.05, 3.63) is 46.9 Å². The maximum atomic E-state index is 11.8. The van der Waals surface area contributed by atoms with Crippen LogP contribution in [-0.4, -0.2) is 15.5 Å². The van der Waals surface area contributed by atoms with E-state index >= 15 is 0 Å². The van der Waals surface area contributed by atoms with Crippen LogP contribution in [0, 0.1) is 24.2 Å². The number of nitriles is 1. The second-order valence-corrected chi connectivity index (χ2v) is 8.13. The van der Waals surface area contributed by atoms with Crippen LogP contribution in [0.1, 0.15) is 42.9 Å². The van der Waals surface area contributed by atoms with Crippen LogP contribution < -0.4 is 11.5 Å². The van der Waals surface area contributed by atoms with Gasteiger partial charge in [0.1, 0.15) is 0 Å². The van der Waals surface area contributed by atoms with Gasteiger partial charge in [0.25, 0.3) is 0 Å². The Morgan fingerprint density at radius 1 is 1.31 bits per heavy atom. The summed E-state index contributed by atoms with van der Waals surface area (Å²) in [5.74, 6) is -0.357. The van der Waals surface area contributed by atoms with Gasteiger partial charge in [0, 0.05) is 46.4 Å². The Morgan fingerprint density at radius 3 is 2.83 bits per heavy atom.